The van der Waals surface area contributed by atoms with Crippen LogP contribution in [-0.2, 0) is 4.65 Å². The topological polar surface area (TPSA) is 38.5 Å². The molecule has 0 aromatic heterocycles. The SMILES string of the molecule is CO[B]N(C)CCCN. The minimum Gasteiger partial charge on any atom is -0.427 e. The Hall–Kier alpha value is -0.0551. The lowest BCUT2D eigenvalue weighted by atomic mass is 10.2. The molecule has 0 atom stereocenters. The van der Waals surface area contributed by atoms with Gasteiger partial charge in [-0.3, -0.25) is 0 Å². The van der Waals surface area contributed by atoms with Crippen LogP contribution in [0, 0.1) is 0 Å². The highest BCUT2D eigenvalue weighted by Gasteiger charge is 1.97. The molecule has 0 heterocycles. The molecule has 9 heavy (non-hydrogen) atoms. The first kappa shape index (κ1) is 8.94. The fraction of sp³-hybridized carbons (Fsp3) is 1.00. The normalized spacial score (nSPS) is 10.2. The van der Waals surface area contributed by atoms with Gasteiger partial charge in [-0.1, -0.05) is 0 Å². The highest BCUT2D eigenvalue weighted by atomic mass is 16.4. The van der Waals surface area contributed by atoms with Crippen molar-refractivity contribution in [3.05, 3.63) is 0 Å². The summed E-state index contributed by atoms with van der Waals surface area (Å²) in [5.41, 5.74) is 5.29. The number of nitrogens with two attached hydrogens (primary N) is 1. The monoisotopic (exact) mass is 129 g/mol. The molecule has 3 nitrogen and oxygen atoms in total. The first-order valence-corrected chi connectivity index (χ1v) is 3.07. The maximum atomic E-state index is 5.29. The van der Waals surface area contributed by atoms with Gasteiger partial charge in [0.1, 0.15) is 0 Å². The Morgan fingerprint density at radius 3 is 2.78 bits per heavy atom. The maximum absolute atomic E-state index is 5.29. The first-order chi connectivity index (χ1) is 4.31. The predicted octanol–water partition coefficient (Wildman–Crippen LogP) is -0.552. The van der Waals surface area contributed by atoms with E-state index in [0.717, 1.165) is 19.5 Å². The van der Waals surface area contributed by atoms with Gasteiger partial charge in [-0.05, 0) is 26.6 Å². The maximum Gasteiger partial charge on any atom is 0.398 e. The summed E-state index contributed by atoms with van der Waals surface area (Å²) in [5, 5.41) is 0. The van der Waals surface area contributed by atoms with Gasteiger partial charge in [0.25, 0.3) is 0 Å². The Balaban J connectivity index is 2.95. The van der Waals surface area contributed by atoms with Crippen LogP contribution in [0.2, 0.25) is 0 Å². The molecule has 4 heteroatoms. The van der Waals surface area contributed by atoms with Gasteiger partial charge in [0.05, 0.1) is 0 Å². The van der Waals surface area contributed by atoms with E-state index >= 15 is 0 Å². The van der Waals surface area contributed by atoms with E-state index in [4.69, 9.17) is 10.4 Å². The van der Waals surface area contributed by atoms with Crippen LogP contribution >= 0.6 is 0 Å². The van der Waals surface area contributed by atoms with Crippen LogP contribution in [-0.4, -0.2) is 39.7 Å². The van der Waals surface area contributed by atoms with Gasteiger partial charge in [-0.25, -0.2) is 0 Å². The summed E-state index contributed by atoms with van der Waals surface area (Å²) in [6.45, 7) is 1.70. The minimum absolute atomic E-state index is 0.738. The van der Waals surface area contributed by atoms with Crippen molar-refractivity contribution in [3.8, 4) is 0 Å². The molecule has 0 saturated carbocycles. The van der Waals surface area contributed by atoms with Crippen LogP contribution in [0.25, 0.3) is 0 Å². The second-order valence-corrected chi connectivity index (χ2v) is 1.96. The molecule has 53 valence electrons. The summed E-state index contributed by atoms with van der Waals surface area (Å²) in [5.74, 6) is 0. The van der Waals surface area contributed by atoms with Crippen LogP contribution in [0.3, 0.4) is 0 Å². The molecule has 0 aromatic rings. The number of hydrogen-bond acceptors (Lipinski definition) is 3. The van der Waals surface area contributed by atoms with Gasteiger partial charge in [0.2, 0.25) is 0 Å². The smallest absolute Gasteiger partial charge is 0.398 e. The Labute approximate surface area is 57.5 Å². The molecule has 0 fully saturated rings. The second-order valence-electron chi connectivity index (χ2n) is 1.96. The molecular weight excluding hydrogens is 115 g/mol. The lowest BCUT2D eigenvalue weighted by molar-refractivity contribution is 0.367. The molecule has 0 amide bonds. The molecule has 0 aromatic carbocycles. The van der Waals surface area contributed by atoms with E-state index in [2.05, 4.69) is 0 Å². The number of rotatable bonds is 5. The summed E-state index contributed by atoms with van der Waals surface area (Å²) in [6.07, 6.45) is 1.01. The van der Waals surface area contributed by atoms with Crippen molar-refractivity contribution in [2.24, 2.45) is 5.73 Å². The molecule has 1 radical (unpaired) electrons. The van der Waals surface area contributed by atoms with Crippen molar-refractivity contribution in [3.63, 3.8) is 0 Å². The molecular formula is C5H14BN2O. The van der Waals surface area contributed by atoms with Crippen molar-refractivity contribution in [1.82, 2.24) is 4.81 Å². The summed E-state index contributed by atoms with van der Waals surface area (Å²) >= 11 is 0. The largest absolute Gasteiger partial charge is 0.427 e. The summed E-state index contributed by atoms with van der Waals surface area (Å²) in [7, 11) is 5.27. The van der Waals surface area contributed by atoms with E-state index in [9.17, 15) is 0 Å². The predicted molar refractivity (Wildman–Crippen MR) is 39.1 cm³/mol. The molecule has 2 N–H and O–H groups in total. The van der Waals surface area contributed by atoms with Crippen LogP contribution in [0.15, 0.2) is 0 Å². The fourth-order valence-corrected chi connectivity index (χ4v) is 0.573. The van der Waals surface area contributed by atoms with E-state index in [1.807, 2.05) is 11.9 Å². The molecule has 0 aliphatic rings. The van der Waals surface area contributed by atoms with Crippen LogP contribution in [0.1, 0.15) is 6.42 Å². The minimum atomic E-state index is 0.738. The van der Waals surface area contributed by atoms with E-state index in [-0.39, 0.29) is 0 Å². The third kappa shape index (κ3) is 5.82. The van der Waals surface area contributed by atoms with Gasteiger partial charge in [-0.15, -0.1) is 0 Å². The second kappa shape index (κ2) is 6.07. The van der Waals surface area contributed by atoms with Crippen molar-refractivity contribution in [2.75, 3.05) is 27.2 Å². The fourth-order valence-electron chi connectivity index (χ4n) is 0.573. The third-order valence-electron chi connectivity index (χ3n) is 1.00. The van der Waals surface area contributed by atoms with Crippen molar-refractivity contribution in [2.45, 2.75) is 6.42 Å². The van der Waals surface area contributed by atoms with E-state index in [0.29, 0.717) is 0 Å². The molecule has 0 aliphatic heterocycles. The van der Waals surface area contributed by atoms with Crippen LogP contribution in [0.5, 0.6) is 0 Å². The average molecular weight is 129 g/mol. The summed E-state index contributed by atoms with van der Waals surface area (Å²) < 4.78 is 4.76. The molecule has 0 bridgehead atoms. The van der Waals surface area contributed by atoms with E-state index in [1.54, 1.807) is 14.7 Å². The van der Waals surface area contributed by atoms with Crippen molar-refractivity contribution >= 4 is 7.62 Å². The highest BCUT2D eigenvalue weighted by Crippen LogP contribution is 1.81. The Bertz CT molecular complexity index is 62.9. The van der Waals surface area contributed by atoms with Gasteiger partial charge in [0, 0.05) is 7.11 Å². The molecule has 0 unspecified atom stereocenters. The molecule has 0 saturated heterocycles. The lowest BCUT2D eigenvalue weighted by Gasteiger charge is -2.11. The van der Waals surface area contributed by atoms with Gasteiger partial charge >= 0.3 is 7.62 Å². The average Bonchev–Trinajstić information content (AvgIpc) is 1.85. The quantitative estimate of drug-likeness (QED) is 0.506. The van der Waals surface area contributed by atoms with Crippen LogP contribution < -0.4 is 5.73 Å². The zero-order valence-electron chi connectivity index (χ0n) is 6.13. The van der Waals surface area contributed by atoms with Crippen molar-refractivity contribution in [1.29, 1.82) is 0 Å². The Morgan fingerprint density at radius 1 is 1.67 bits per heavy atom. The molecule has 0 rings (SSSR count). The van der Waals surface area contributed by atoms with Gasteiger partial charge < -0.3 is 15.2 Å². The number of hydrogen-bond donors (Lipinski definition) is 1. The van der Waals surface area contributed by atoms with Gasteiger partial charge in [-0.2, -0.15) is 0 Å². The Morgan fingerprint density at radius 2 is 2.33 bits per heavy atom. The first-order valence-electron chi connectivity index (χ1n) is 3.07. The molecule has 0 aliphatic carbocycles. The van der Waals surface area contributed by atoms with E-state index < -0.39 is 0 Å². The third-order valence-corrected chi connectivity index (χ3v) is 1.00. The number of nitrogens with zero attached hydrogens (tertiary/aromatic N) is 1. The summed E-state index contributed by atoms with van der Waals surface area (Å²) in [4.78, 5) is 1.97. The summed E-state index contributed by atoms with van der Waals surface area (Å²) in [6, 6.07) is 0. The van der Waals surface area contributed by atoms with Crippen molar-refractivity contribution < 1.29 is 4.65 Å². The van der Waals surface area contributed by atoms with E-state index in [1.165, 1.54) is 0 Å². The van der Waals surface area contributed by atoms with Gasteiger partial charge in [0.15, 0.2) is 0 Å². The zero-order valence-corrected chi connectivity index (χ0v) is 6.13. The van der Waals surface area contributed by atoms with Crippen LogP contribution in [0.4, 0.5) is 0 Å². The lowest BCUT2D eigenvalue weighted by Crippen LogP contribution is -2.26. The Kier molecular flexibility index (Phi) is 6.03. The zero-order chi connectivity index (χ0) is 7.11. The standard InChI is InChI=1S/C5H14BN2O/c1-8(6-9-2)5-3-4-7/h3-5,7H2,1-2H3. The highest BCUT2D eigenvalue weighted by molar-refractivity contribution is 6.23. The molecule has 0 spiro atoms.